The summed E-state index contributed by atoms with van der Waals surface area (Å²) in [5.41, 5.74) is 7.96. The highest BCUT2D eigenvalue weighted by Crippen LogP contribution is 2.39. The minimum Gasteiger partial charge on any atom is -0.447 e. The molecule has 2 amide bonds. The van der Waals surface area contributed by atoms with E-state index < -0.39 is 35.5 Å². The normalized spacial score (nSPS) is 14.2. The molecule has 4 aromatic rings. The summed E-state index contributed by atoms with van der Waals surface area (Å²) in [4.78, 5) is 39.9. The van der Waals surface area contributed by atoms with Gasteiger partial charge in [-0.05, 0) is 74.9 Å². The summed E-state index contributed by atoms with van der Waals surface area (Å²) in [6.07, 6.45) is 0.0734. The molecule has 2 atom stereocenters. The maximum atomic E-state index is 13.8. The van der Waals surface area contributed by atoms with E-state index in [1.165, 1.54) is 12.1 Å². The molecule has 0 aliphatic rings. The van der Waals surface area contributed by atoms with Crippen molar-refractivity contribution in [1.29, 1.82) is 0 Å². The average molecular weight is 709 g/mol. The van der Waals surface area contributed by atoms with E-state index in [1.54, 1.807) is 33.0 Å². The first kappa shape index (κ1) is 37.9. The first-order valence-electron chi connectivity index (χ1n) is 15.9. The Morgan fingerprint density at radius 3 is 2.34 bits per heavy atom. The molecule has 2 aromatic carbocycles. The van der Waals surface area contributed by atoms with Gasteiger partial charge in [0.1, 0.15) is 12.9 Å². The molecule has 11 nitrogen and oxygen atoms in total. The van der Waals surface area contributed by atoms with Crippen LogP contribution in [0.15, 0.2) is 78.2 Å². The van der Waals surface area contributed by atoms with Crippen LogP contribution in [0.2, 0.25) is 5.02 Å². The fraction of sp³-hybridized carbons (Fsp3) is 0.389. The number of guanidine groups is 1. The molecule has 0 aliphatic carbocycles. The van der Waals surface area contributed by atoms with Crippen LogP contribution in [0, 0.1) is 5.41 Å². The molecule has 50 heavy (non-hydrogen) atoms. The van der Waals surface area contributed by atoms with Crippen molar-refractivity contribution < 1.29 is 23.1 Å². The quantitative estimate of drug-likeness (QED) is 0.0928. The summed E-state index contributed by atoms with van der Waals surface area (Å²) >= 11 is 6.45. The number of nitrogens with zero attached hydrogens (tertiary/aromatic N) is 6. The fourth-order valence-corrected chi connectivity index (χ4v) is 5.89. The van der Waals surface area contributed by atoms with E-state index in [9.17, 15) is 18.4 Å². The average Bonchev–Trinajstić information content (AvgIpc) is 3.52. The number of pyridine rings is 1. The van der Waals surface area contributed by atoms with Gasteiger partial charge in [0.05, 0.1) is 28.0 Å². The number of rotatable bonds is 11. The van der Waals surface area contributed by atoms with Crippen LogP contribution in [-0.4, -0.2) is 55.3 Å². The first-order chi connectivity index (χ1) is 23.4. The number of hydrogen-bond acceptors (Lipinski definition) is 7. The summed E-state index contributed by atoms with van der Waals surface area (Å²) in [6, 6.07) is 17.0. The highest BCUT2D eigenvalue weighted by atomic mass is 35.5. The number of carbonyl (C=O) groups is 2. The van der Waals surface area contributed by atoms with Gasteiger partial charge in [0.25, 0.3) is 6.43 Å². The largest absolute Gasteiger partial charge is 0.447 e. The lowest BCUT2D eigenvalue weighted by molar-refractivity contribution is -0.117. The lowest BCUT2D eigenvalue weighted by Crippen LogP contribution is -2.45. The molecule has 0 aliphatic heterocycles. The van der Waals surface area contributed by atoms with Crippen molar-refractivity contribution in [1.82, 2.24) is 30.0 Å². The van der Waals surface area contributed by atoms with Crippen LogP contribution in [-0.2, 0) is 15.1 Å². The lowest BCUT2D eigenvalue weighted by atomic mass is 9.77. The zero-order valence-corrected chi connectivity index (χ0v) is 29.9. The predicted octanol–water partition coefficient (Wildman–Crippen LogP) is 7.61. The van der Waals surface area contributed by atoms with E-state index in [1.807, 2.05) is 49.4 Å². The molecule has 0 saturated heterocycles. The van der Waals surface area contributed by atoms with Crippen molar-refractivity contribution in [2.75, 3.05) is 6.61 Å². The molecule has 4 rings (SSSR count). The van der Waals surface area contributed by atoms with Crippen LogP contribution in [0.3, 0.4) is 0 Å². The van der Waals surface area contributed by atoms with E-state index >= 15 is 0 Å². The first-order valence-corrected chi connectivity index (χ1v) is 16.3. The van der Waals surface area contributed by atoms with Crippen molar-refractivity contribution in [3.8, 4) is 16.9 Å². The van der Waals surface area contributed by atoms with Gasteiger partial charge in [0.2, 0.25) is 6.41 Å². The van der Waals surface area contributed by atoms with Gasteiger partial charge in [-0.25, -0.2) is 28.2 Å². The van der Waals surface area contributed by atoms with Crippen molar-refractivity contribution in [3.63, 3.8) is 0 Å². The number of hydrogen-bond donors (Lipinski definition) is 2. The molecule has 0 saturated carbocycles. The molecule has 0 unspecified atom stereocenters. The van der Waals surface area contributed by atoms with Gasteiger partial charge in [0, 0.05) is 17.3 Å². The van der Waals surface area contributed by atoms with Crippen molar-refractivity contribution in [2.24, 2.45) is 16.1 Å². The number of benzene rings is 2. The Hall–Kier alpha value is -4.91. The molecule has 266 valence electrons. The number of amides is 2. The maximum Gasteiger partial charge on any atom is 0.407 e. The van der Waals surface area contributed by atoms with E-state index in [0.717, 1.165) is 32.7 Å². The predicted molar refractivity (Wildman–Crippen MR) is 189 cm³/mol. The Morgan fingerprint density at radius 1 is 1.06 bits per heavy atom. The van der Waals surface area contributed by atoms with Crippen molar-refractivity contribution >= 4 is 30.1 Å². The summed E-state index contributed by atoms with van der Waals surface area (Å²) in [6.45, 7) is 13.2. The van der Waals surface area contributed by atoms with Crippen molar-refractivity contribution in [3.05, 3.63) is 95.2 Å². The molecular formula is C36H43ClF2N8O3. The van der Waals surface area contributed by atoms with Gasteiger partial charge in [-0.2, -0.15) is 5.10 Å². The number of nitrogens with one attached hydrogen (secondary N) is 1. The minimum atomic E-state index is -2.94. The van der Waals surface area contributed by atoms with E-state index in [-0.39, 0.29) is 28.7 Å². The van der Waals surface area contributed by atoms with Gasteiger partial charge < -0.3 is 15.8 Å². The van der Waals surface area contributed by atoms with Crippen LogP contribution in [0.4, 0.5) is 13.6 Å². The fourth-order valence-electron chi connectivity index (χ4n) is 5.69. The van der Waals surface area contributed by atoms with Gasteiger partial charge in [-0.15, -0.1) is 0 Å². The second-order valence-corrected chi connectivity index (χ2v) is 14.7. The molecule has 2 heterocycles. The molecular weight excluding hydrogens is 666 g/mol. The summed E-state index contributed by atoms with van der Waals surface area (Å²) in [5, 5.41) is 6.75. The Kier molecular flexibility index (Phi) is 11.6. The van der Waals surface area contributed by atoms with Gasteiger partial charge in [-0.1, -0.05) is 68.8 Å². The molecule has 2 aromatic heterocycles. The molecule has 0 radical (unpaired) electrons. The number of carbonyl (C=O) groups excluding carboxylic acids is 2. The van der Waals surface area contributed by atoms with Gasteiger partial charge in [0.15, 0.2) is 11.8 Å². The summed E-state index contributed by atoms with van der Waals surface area (Å²) < 4.78 is 34.0. The Balaban J connectivity index is 1.80. The van der Waals surface area contributed by atoms with Crippen LogP contribution >= 0.6 is 11.6 Å². The smallest absolute Gasteiger partial charge is 0.407 e. The number of aromatic nitrogens is 4. The van der Waals surface area contributed by atoms with Crippen LogP contribution < -0.4 is 11.1 Å². The molecule has 0 bridgehead atoms. The SMILES string of the molecule is CC(C)(C)C[C@@](C)(N=C(N)N(C=O)[C@H](COC(=O)NC(C)(C)C)c1ccc(Cl)c(-n2ncnc2C(F)F)c1)c1ccc(-c2ccccn2)cc1. The van der Waals surface area contributed by atoms with E-state index in [0.29, 0.717) is 18.4 Å². The third kappa shape index (κ3) is 9.62. The summed E-state index contributed by atoms with van der Waals surface area (Å²) in [5.74, 6) is -0.780. The highest BCUT2D eigenvalue weighted by Gasteiger charge is 2.34. The lowest BCUT2D eigenvalue weighted by Gasteiger charge is -2.35. The molecule has 3 N–H and O–H groups in total. The van der Waals surface area contributed by atoms with Crippen LogP contribution in [0.5, 0.6) is 0 Å². The third-order valence-corrected chi connectivity index (χ3v) is 7.94. The monoisotopic (exact) mass is 708 g/mol. The molecule has 0 spiro atoms. The second kappa shape index (κ2) is 15.3. The van der Waals surface area contributed by atoms with Gasteiger partial charge >= 0.3 is 6.09 Å². The zero-order valence-electron chi connectivity index (χ0n) is 29.2. The van der Waals surface area contributed by atoms with Gasteiger partial charge in [-0.3, -0.25) is 14.7 Å². The Morgan fingerprint density at radius 2 is 1.76 bits per heavy atom. The zero-order chi connectivity index (χ0) is 36.9. The standard InChI is InChI=1S/C36H43ClF2N8O3/c1-34(2,3)20-36(7,25-14-11-23(12-15-25)27-10-8-9-17-41-27)44-32(40)46(22-48)29(19-50-33(49)45-35(4,5)6)24-13-16-26(37)28(18-24)47-31(30(38)39)42-21-43-47/h8-18,21-22,29-30H,19-20H2,1-7H3,(H2,40,44)(H,45,49)/t29-,36-/m1/s1. The van der Waals surface area contributed by atoms with Crippen LogP contribution in [0.1, 0.15) is 84.3 Å². The number of ether oxygens (including phenoxy) is 1. The van der Waals surface area contributed by atoms with E-state index in [4.69, 9.17) is 27.1 Å². The molecule has 14 heteroatoms. The van der Waals surface area contributed by atoms with Crippen LogP contribution in [0.25, 0.3) is 16.9 Å². The molecule has 0 fully saturated rings. The van der Waals surface area contributed by atoms with E-state index in [2.05, 4.69) is 41.2 Å². The number of alkyl halides is 2. The van der Waals surface area contributed by atoms with Crippen molar-refractivity contribution in [2.45, 2.75) is 78.4 Å². The highest BCUT2D eigenvalue weighted by molar-refractivity contribution is 6.32. The number of halogens is 3. The Bertz CT molecular complexity index is 1800. The summed E-state index contributed by atoms with van der Waals surface area (Å²) in [7, 11) is 0. The number of aliphatic imine (C=N–C) groups is 1. The second-order valence-electron chi connectivity index (χ2n) is 14.3. The Labute approximate surface area is 295 Å². The minimum absolute atomic E-state index is 0.0769. The third-order valence-electron chi connectivity index (χ3n) is 7.62. The number of alkyl carbamates (subject to hydrolysis) is 1. The maximum absolute atomic E-state index is 13.8. The topological polar surface area (TPSA) is 141 Å². The number of nitrogens with two attached hydrogens (primary N) is 1.